The van der Waals surface area contributed by atoms with Crippen LogP contribution in [0.25, 0.3) is 0 Å². The molecule has 1 aliphatic carbocycles. The van der Waals surface area contributed by atoms with Crippen LogP contribution in [-0.2, 0) is 6.54 Å². The van der Waals surface area contributed by atoms with Crippen LogP contribution < -0.4 is 10.9 Å². The first-order chi connectivity index (χ1) is 9.15. The third-order valence-electron chi connectivity index (χ3n) is 3.85. The van der Waals surface area contributed by atoms with Gasteiger partial charge in [-0.2, -0.15) is 5.10 Å². The lowest BCUT2D eigenvalue weighted by atomic mass is 10.0. The van der Waals surface area contributed by atoms with E-state index in [1.54, 1.807) is 10.9 Å². The van der Waals surface area contributed by atoms with Crippen molar-refractivity contribution in [3.05, 3.63) is 21.0 Å². The van der Waals surface area contributed by atoms with Crippen LogP contribution in [0.5, 0.6) is 0 Å². The van der Waals surface area contributed by atoms with Crippen molar-refractivity contribution in [2.24, 2.45) is 11.8 Å². The minimum absolute atomic E-state index is 0.0264. The van der Waals surface area contributed by atoms with Crippen LogP contribution >= 0.6 is 15.9 Å². The largest absolute Gasteiger partial charge is 0.382 e. The van der Waals surface area contributed by atoms with Gasteiger partial charge in [-0.05, 0) is 40.6 Å². The third kappa shape index (κ3) is 3.81. The molecule has 1 heterocycles. The lowest BCUT2D eigenvalue weighted by Crippen LogP contribution is -2.26. The van der Waals surface area contributed by atoms with Crippen molar-refractivity contribution in [1.82, 2.24) is 9.78 Å². The van der Waals surface area contributed by atoms with Gasteiger partial charge in [0.1, 0.15) is 4.47 Å². The molecule has 4 nitrogen and oxygen atoms in total. The first-order valence-electron chi connectivity index (χ1n) is 7.15. The van der Waals surface area contributed by atoms with Crippen molar-refractivity contribution in [2.45, 2.75) is 46.1 Å². The maximum absolute atomic E-state index is 12.2. The van der Waals surface area contributed by atoms with Crippen molar-refractivity contribution in [3.8, 4) is 0 Å². The molecule has 1 N–H and O–H groups in total. The van der Waals surface area contributed by atoms with E-state index in [4.69, 9.17) is 0 Å². The van der Waals surface area contributed by atoms with Crippen LogP contribution in [0.15, 0.2) is 15.5 Å². The van der Waals surface area contributed by atoms with Crippen molar-refractivity contribution in [2.75, 3.05) is 11.9 Å². The third-order valence-corrected chi connectivity index (χ3v) is 4.62. The zero-order valence-corrected chi connectivity index (χ0v) is 13.2. The van der Waals surface area contributed by atoms with E-state index in [0.717, 1.165) is 31.6 Å². The van der Waals surface area contributed by atoms with E-state index < -0.39 is 0 Å². The molecular formula is C14H22BrN3O. The molecule has 0 atom stereocenters. The maximum atomic E-state index is 12.2. The molecule has 1 fully saturated rings. The summed E-state index contributed by atoms with van der Waals surface area (Å²) in [5.74, 6) is 1.29. The lowest BCUT2D eigenvalue weighted by molar-refractivity contribution is 0.515. The fourth-order valence-corrected chi connectivity index (χ4v) is 2.54. The molecule has 106 valence electrons. The molecule has 0 aliphatic heterocycles. The Balaban J connectivity index is 2.05. The molecule has 5 heteroatoms. The Morgan fingerprint density at radius 1 is 1.47 bits per heavy atom. The molecule has 2 rings (SSSR count). The van der Waals surface area contributed by atoms with Crippen LogP contribution in [0.2, 0.25) is 0 Å². The smallest absolute Gasteiger partial charge is 0.283 e. The Morgan fingerprint density at radius 2 is 2.16 bits per heavy atom. The molecule has 0 bridgehead atoms. The Morgan fingerprint density at radius 3 is 2.74 bits per heavy atom. The number of halogens is 1. The molecule has 0 amide bonds. The SMILES string of the molecule is CCC(CC)CNc1cnn(CC2CC2)c(=O)c1Br. The first-order valence-corrected chi connectivity index (χ1v) is 7.94. The summed E-state index contributed by atoms with van der Waals surface area (Å²) < 4.78 is 2.18. The molecule has 0 spiro atoms. The second-order valence-corrected chi connectivity index (χ2v) is 6.16. The highest BCUT2D eigenvalue weighted by molar-refractivity contribution is 9.10. The normalized spacial score (nSPS) is 14.9. The molecule has 1 saturated carbocycles. The maximum Gasteiger partial charge on any atom is 0.283 e. The number of aromatic nitrogens is 2. The van der Waals surface area contributed by atoms with Crippen molar-refractivity contribution in [1.29, 1.82) is 0 Å². The fourth-order valence-electron chi connectivity index (χ4n) is 2.09. The number of nitrogens with one attached hydrogen (secondary N) is 1. The van der Waals surface area contributed by atoms with Crippen molar-refractivity contribution in [3.63, 3.8) is 0 Å². The molecule has 0 saturated heterocycles. The Hall–Kier alpha value is -0.840. The van der Waals surface area contributed by atoms with E-state index in [2.05, 4.69) is 40.2 Å². The minimum Gasteiger partial charge on any atom is -0.382 e. The molecular weight excluding hydrogens is 306 g/mol. The van der Waals surface area contributed by atoms with Gasteiger partial charge in [-0.1, -0.05) is 26.7 Å². The molecule has 1 aromatic heterocycles. The zero-order valence-electron chi connectivity index (χ0n) is 11.7. The number of hydrogen-bond donors (Lipinski definition) is 1. The predicted molar refractivity (Wildman–Crippen MR) is 81.5 cm³/mol. The van der Waals surface area contributed by atoms with E-state index >= 15 is 0 Å². The van der Waals surface area contributed by atoms with E-state index in [-0.39, 0.29) is 5.56 Å². The Labute approximate surface area is 122 Å². The van der Waals surface area contributed by atoms with E-state index in [9.17, 15) is 4.79 Å². The van der Waals surface area contributed by atoms with Gasteiger partial charge < -0.3 is 5.32 Å². The molecule has 1 aliphatic rings. The number of hydrogen-bond acceptors (Lipinski definition) is 3. The standard InChI is InChI=1S/C14H22BrN3O/c1-3-10(4-2)7-16-12-8-17-18(9-11-5-6-11)14(19)13(12)15/h8,10-11,16H,3-7,9H2,1-2H3. The van der Waals surface area contributed by atoms with Crippen LogP contribution in [0.3, 0.4) is 0 Å². The highest BCUT2D eigenvalue weighted by Gasteiger charge is 2.23. The van der Waals surface area contributed by atoms with Gasteiger partial charge >= 0.3 is 0 Å². The van der Waals surface area contributed by atoms with Crippen LogP contribution in [-0.4, -0.2) is 16.3 Å². The van der Waals surface area contributed by atoms with Crippen molar-refractivity contribution < 1.29 is 0 Å². The van der Waals surface area contributed by atoms with Crippen LogP contribution in [0.1, 0.15) is 39.5 Å². The summed E-state index contributed by atoms with van der Waals surface area (Å²) in [7, 11) is 0. The van der Waals surface area contributed by atoms with Gasteiger partial charge in [0.2, 0.25) is 0 Å². The van der Waals surface area contributed by atoms with Gasteiger partial charge in [0, 0.05) is 13.1 Å². The van der Waals surface area contributed by atoms with Gasteiger partial charge in [0.25, 0.3) is 5.56 Å². The number of rotatable bonds is 7. The van der Waals surface area contributed by atoms with E-state index in [1.807, 2.05) is 0 Å². The highest BCUT2D eigenvalue weighted by atomic mass is 79.9. The van der Waals surface area contributed by atoms with Gasteiger partial charge in [0.05, 0.1) is 11.9 Å². The van der Waals surface area contributed by atoms with E-state index in [0.29, 0.717) is 16.3 Å². The Kier molecular flexibility index (Phi) is 5.02. The highest BCUT2D eigenvalue weighted by Crippen LogP contribution is 2.30. The number of nitrogens with zero attached hydrogens (tertiary/aromatic N) is 2. The summed E-state index contributed by atoms with van der Waals surface area (Å²) in [6.07, 6.45) is 6.50. The molecule has 0 unspecified atom stereocenters. The first kappa shape index (κ1) is 14.6. The lowest BCUT2D eigenvalue weighted by Gasteiger charge is -2.15. The van der Waals surface area contributed by atoms with Gasteiger partial charge in [-0.15, -0.1) is 0 Å². The number of anilines is 1. The van der Waals surface area contributed by atoms with Gasteiger partial charge in [-0.25, -0.2) is 4.68 Å². The monoisotopic (exact) mass is 327 g/mol. The summed E-state index contributed by atoms with van der Waals surface area (Å²) in [5.41, 5.74) is 0.783. The summed E-state index contributed by atoms with van der Waals surface area (Å²) in [4.78, 5) is 12.2. The molecule has 19 heavy (non-hydrogen) atoms. The summed E-state index contributed by atoms with van der Waals surface area (Å²) in [6.45, 7) is 6.02. The minimum atomic E-state index is -0.0264. The van der Waals surface area contributed by atoms with E-state index in [1.165, 1.54) is 12.8 Å². The summed E-state index contributed by atoms with van der Waals surface area (Å²) >= 11 is 3.40. The zero-order chi connectivity index (χ0) is 13.8. The molecule has 0 aromatic carbocycles. The van der Waals surface area contributed by atoms with Crippen LogP contribution in [0.4, 0.5) is 5.69 Å². The fraction of sp³-hybridized carbons (Fsp3) is 0.714. The predicted octanol–water partition coefficient (Wildman–Crippen LogP) is 3.26. The molecule has 0 radical (unpaired) electrons. The Bertz CT molecular complexity index is 478. The van der Waals surface area contributed by atoms with Crippen molar-refractivity contribution >= 4 is 21.6 Å². The summed E-state index contributed by atoms with van der Waals surface area (Å²) in [6, 6.07) is 0. The average Bonchev–Trinajstić information content (AvgIpc) is 3.22. The topological polar surface area (TPSA) is 46.9 Å². The second-order valence-electron chi connectivity index (χ2n) is 5.37. The summed E-state index contributed by atoms with van der Waals surface area (Å²) in [5, 5.41) is 7.59. The average molecular weight is 328 g/mol. The second kappa shape index (κ2) is 6.55. The molecule has 1 aromatic rings. The quantitative estimate of drug-likeness (QED) is 0.836. The van der Waals surface area contributed by atoms with Crippen LogP contribution in [0, 0.1) is 11.8 Å². The van der Waals surface area contributed by atoms with Gasteiger partial charge in [-0.3, -0.25) is 4.79 Å². The van der Waals surface area contributed by atoms with Gasteiger partial charge in [0.15, 0.2) is 0 Å².